The molecule has 3 aliphatic rings. The van der Waals surface area contributed by atoms with E-state index in [1.807, 2.05) is 40.7 Å². The lowest BCUT2D eigenvalue weighted by Gasteiger charge is -2.43. The van der Waals surface area contributed by atoms with Gasteiger partial charge in [0.25, 0.3) is 5.78 Å². The number of fused-ring (bicyclic) bond motifs is 1. The number of rotatable bonds is 6. The lowest BCUT2D eigenvalue weighted by atomic mass is 9.64. The van der Waals surface area contributed by atoms with E-state index < -0.39 is 29.4 Å². The Labute approximate surface area is 189 Å². The molecular formula is C25H34O7. The largest absolute Gasteiger partial charge is 0.461 e. The van der Waals surface area contributed by atoms with Gasteiger partial charge in [0.2, 0.25) is 0 Å². The van der Waals surface area contributed by atoms with Crippen molar-refractivity contribution in [3.63, 3.8) is 0 Å². The third kappa shape index (κ3) is 4.87. The summed E-state index contributed by atoms with van der Waals surface area (Å²) in [6, 6.07) is 0. The average Bonchev–Trinajstić information content (AvgIpc) is 2.72. The van der Waals surface area contributed by atoms with Crippen LogP contribution in [-0.2, 0) is 28.7 Å². The Bertz CT molecular complexity index is 866. The number of carbonyl (C=O) groups excluding carboxylic acids is 4. The van der Waals surface area contributed by atoms with Crippen molar-refractivity contribution in [1.29, 1.82) is 0 Å². The van der Waals surface area contributed by atoms with Crippen LogP contribution < -0.4 is 0 Å². The van der Waals surface area contributed by atoms with Gasteiger partial charge in [-0.05, 0) is 57.6 Å². The summed E-state index contributed by atoms with van der Waals surface area (Å²) in [6.45, 7) is 9.54. The number of carbonyl (C=O) groups is 4. The molecule has 7 nitrogen and oxygen atoms in total. The number of ether oxygens (including phenoxy) is 2. The smallest absolute Gasteiger partial charge is 0.377 e. The average molecular weight is 447 g/mol. The molecule has 3 rings (SSSR count). The molecule has 7 heteroatoms. The number of allylic oxidation sites excluding steroid dienone is 2. The fourth-order valence-electron chi connectivity index (χ4n) is 4.87. The maximum atomic E-state index is 12.9. The lowest BCUT2D eigenvalue weighted by Crippen LogP contribution is -2.45. The molecule has 1 aliphatic heterocycles. The van der Waals surface area contributed by atoms with Gasteiger partial charge < -0.3 is 14.6 Å². The van der Waals surface area contributed by atoms with Crippen molar-refractivity contribution in [3.05, 3.63) is 23.3 Å². The van der Waals surface area contributed by atoms with Crippen LogP contribution in [0.25, 0.3) is 0 Å². The second-order valence-electron chi connectivity index (χ2n) is 10.1. The summed E-state index contributed by atoms with van der Waals surface area (Å²) in [6.07, 6.45) is 3.70. The third-order valence-electron chi connectivity index (χ3n) is 7.36. The Morgan fingerprint density at radius 3 is 2.53 bits per heavy atom. The fourth-order valence-corrected chi connectivity index (χ4v) is 4.87. The normalized spacial score (nSPS) is 33.1. The van der Waals surface area contributed by atoms with Gasteiger partial charge >= 0.3 is 11.9 Å². The van der Waals surface area contributed by atoms with E-state index in [2.05, 4.69) is 0 Å². The van der Waals surface area contributed by atoms with Crippen molar-refractivity contribution < 1.29 is 33.8 Å². The standard InChI is InChI=1S/C25H34O7/c1-6-25(4,5)24(30)32-20-10-13(2)9-15-11-18(26)14(3)17(21(15)20)8-7-16-12-19(27)22(28)23(29)31-16/h9,11,14,16-17,19-21,27H,6-8,10,12H2,1-5H3/t14-,16+,17+,19+,20-,21-/m0/s1. The van der Waals surface area contributed by atoms with Crippen LogP contribution in [0, 0.1) is 23.2 Å². The van der Waals surface area contributed by atoms with Gasteiger partial charge in [-0.15, -0.1) is 0 Å². The van der Waals surface area contributed by atoms with E-state index in [-0.39, 0.29) is 42.0 Å². The number of Topliss-reactive ketones (excluding diaryl/α,β-unsaturated/α-hetero) is 1. The molecule has 0 saturated carbocycles. The summed E-state index contributed by atoms with van der Waals surface area (Å²) in [5.74, 6) is -2.65. The molecule has 1 N–H and O–H groups in total. The highest BCUT2D eigenvalue weighted by atomic mass is 16.6. The molecule has 1 saturated heterocycles. The molecule has 176 valence electrons. The molecule has 6 atom stereocenters. The van der Waals surface area contributed by atoms with E-state index >= 15 is 0 Å². The molecule has 2 aliphatic carbocycles. The Balaban J connectivity index is 1.82. The van der Waals surface area contributed by atoms with Gasteiger partial charge in [-0.2, -0.15) is 0 Å². The summed E-state index contributed by atoms with van der Waals surface area (Å²) >= 11 is 0. The number of esters is 2. The summed E-state index contributed by atoms with van der Waals surface area (Å²) in [5, 5.41) is 9.83. The van der Waals surface area contributed by atoms with Gasteiger partial charge in [0.15, 0.2) is 5.78 Å². The molecule has 0 aromatic carbocycles. The highest BCUT2D eigenvalue weighted by Gasteiger charge is 2.45. The van der Waals surface area contributed by atoms with Crippen LogP contribution in [0.4, 0.5) is 0 Å². The zero-order valence-corrected chi connectivity index (χ0v) is 19.6. The second kappa shape index (κ2) is 9.30. The first-order valence-electron chi connectivity index (χ1n) is 11.5. The molecule has 0 amide bonds. The fraction of sp³-hybridized carbons (Fsp3) is 0.680. The topological polar surface area (TPSA) is 107 Å². The predicted molar refractivity (Wildman–Crippen MR) is 116 cm³/mol. The molecular weight excluding hydrogens is 412 g/mol. The zero-order valence-electron chi connectivity index (χ0n) is 19.6. The number of aliphatic hydroxyl groups excluding tert-OH is 1. The Kier molecular flexibility index (Phi) is 7.08. The second-order valence-corrected chi connectivity index (χ2v) is 10.1. The van der Waals surface area contributed by atoms with Crippen molar-refractivity contribution in [2.75, 3.05) is 0 Å². The van der Waals surface area contributed by atoms with Crippen LogP contribution in [0.2, 0.25) is 0 Å². The SMILES string of the molecule is CCC(C)(C)C(=O)O[C@H]1CC(C)=CC2=CC(=O)[C@@H](C)[C@@H](CC[C@@H]3C[C@@H](O)C(=O)C(=O)O3)[C@H]21. The number of ketones is 2. The maximum Gasteiger partial charge on any atom is 0.377 e. The Morgan fingerprint density at radius 1 is 1.22 bits per heavy atom. The first kappa shape index (κ1) is 24.4. The van der Waals surface area contributed by atoms with E-state index in [0.29, 0.717) is 25.7 Å². The number of hydrogen-bond acceptors (Lipinski definition) is 7. The van der Waals surface area contributed by atoms with Crippen LogP contribution in [0.15, 0.2) is 23.3 Å². The number of hydrogen-bond donors (Lipinski definition) is 1. The third-order valence-corrected chi connectivity index (χ3v) is 7.36. The quantitative estimate of drug-likeness (QED) is 0.493. The molecule has 0 unspecified atom stereocenters. The van der Waals surface area contributed by atoms with Gasteiger partial charge in [0.05, 0.1) is 5.41 Å². The first-order valence-corrected chi connectivity index (χ1v) is 11.5. The molecule has 1 heterocycles. The van der Waals surface area contributed by atoms with Crippen LogP contribution in [0.3, 0.4) is 0 Å². The minimum absolute atomic E-state index is 0.0296. The van der Waals surface area contributed by atoms with Gasteiger partial charge in [-0.25, -0.2) is 4.79 Å². The molecule has 32 heavy (non-hydrogen) atoms. The van der Waals surface area contributed by atoms with Gasteiger partial charge in [-0.1, -0.05) is 25.5 Å². The minimum Gasteiger partial charge on any atom is -0.461 e. The number of aliphatic hydroxyl groups is 1. The molecule has 0 spiro atoms. The summed E-state index contributed by atoms with van der Waals surface area (Å²) in [7, 11) is 0. The van der Waals surface area contributed by atoms with Crippen molar-refractivity contribution in [2.45, 2.75) is 85.0 Å². The van der Waals surface area contributed by atoms with E-state index in [9.17, 15) is 24.3 Å². The van der Waals surface area contributed by atoms with Crippen molar-refractivity contribution in [3.8, 4) is 0 Å². The lowest BCUT2D eigenvalue weighted by molar-refractivity contribution is -0.170. The monoisotopic (exact) mass is 446 g/mol. The van der Waals surface area contributed by atoms with Crippen LogP contribution in [0.1, 0.15) is 66.7 Å². The summed E-state index contributed by atoms with van der Waals surface area (Å²) < 4.78 is 11.2. The van der Waals surface area contributed by atoms with E-state index in [1.54, 1.807) is 6.08 Å². The van der Waals surface area contributed by atoms with Gasteiger partial charge in [0, 0.05) is 24.7 Å². The first-order chi connectivity index (χ1) is 14.9. The maximum absolute atomic E-state index is 12.9. The minimum atomic E-state index is -1.34. The van der Waals surface area contributed by atoms with Crippen molar-refractivity contribution in [1.82, 2.24) is 0 Å². The molecule has 1 fully saturated rings. The number of cyclic esters (lactones) is 1. The van der Waals surface area contributed by atoms with Gasteiger partial charge in [0.1, 0.15) is 18.3 Å². The van der Waals surface area contributed by atoms with Gasteiger partial charge in [-0.3, -0.25) is 14.4 Å². The zero-order chi connectivity index (χ0) is 23.8. The molecule has 0 aromatic heterocycles. The van der Waals surface area contributed by atoms with Crippen molar-refractivity contribution in [2.24, 2.45) is 23.2 Å². The van der Waals surface area contributed by atoms with Crippen molar-refractivity contribution >= 4 is 23.5 Å². The summed E-state index contributed by atoms with van der Waals surface area (Å²) in [5.41, 5.74) is 1.34. The van der Waals surface area contributed by atoms with E-state index in [1.165, 1.54) is 0 Å². The van der Waals surface area contributed by atoms with E-state index in [0.717, 1.165) is 11.1 Å². The Morgan fingerprint density at radius 2 is 1.91 bits per heavy atom. The molecule has 0 aromatic rings. The molecule has 0 radical (unpaired) electrons. The highest BCUT2D eigenvalue weighted by Crippen LogP contribution is 2.45. The van der Waals surface area contributed by atoms with Crippen LogP contribution in [0.5, 0.6) is 0 Å². The molecule has 0 bridgehead atoms. The Hall–Kier alpha value is -2.28. The summed E-state index contributed by atoms with van der Waals surface area (Å²) in [4.78, 5) is 48.8. The van der Waals surface area contributed by atoms with E-state index in [4.69, 9.17) is 9.47 Å². The van der Waals surface area contributed by atoms with Crippen LogP contribution >= 0.6 is 0 Å². The predicted octanol–water partition coefficient (Wildman–Crippen LogP) is 3.09. The highest BCUT2D eigenvalue weighted by molar-refractivity contribution is 6.35. The van der Waals surface area contributed by atoms with Crippen LogP contribution in [-0.4, -0.2) is 46.9 Å².